The maximum absolute atomic E-state index is 10.9. The van der Waals surface area contributed by atoms with E-state index in [2.05, 4.69) is 4.90 Å². The van der Waals surface area contributed by atoms with Gasteiger partial charge >= 0.3 is 5.97 Å². The first-order valence-electron chi connectivity index (χ1n) is 8.43. The van der Waals surface area contributed by atoms with E-state index in [9.17, 15) is 4.79 Å². The fourth-order valence-electron chi connectivity index (χ4n) is 3.05. The molecular formula is C20H23NO3. The number of ether oxygens (including phenoxy) is 1. The van der Waals surface area contributed by atoms with E-state index in [1.165, 1.54) is 5.56 Å². The predicted octanol–water partition coefficient (Wildman–Crippen LogP) is 3.68. The van der Waals surface area contributed by atoms with E-state index in [-0.39, 0.29) is 0 Å². The minimum Gasteiger partial charge on any atom is -0.493 e. The van der Waals surface area contributed by atoms with Crippen molar-refractivity contribution < 1.29 is 14.6 Å². The molecule has 0 radical (unpaired) electrons. The van der Waals surface area contributed by atoms with Crippen molar-refractivity contribution in [3.63, 3.8) is 0 Å². The fourth-order valence-corrected chi connectivity index (χ4v) is 3.05. The molecule has 0 aromatic heterocycles. The Balaban J connectivity index is 1.42. The quantitative estimate of drug-likeness (QED) is 0.880. The Morgan fingerprint density at radius 1 is 1.04 bits per heavy atom. The average molecular weight is 325 g/mol. The van der Waals surface area contributed by atoms with Crippen LogP contribution in [0.25, 0.3) is 0 Å². The van der Waals surface area contributed by atoms with Gasteiger partial charge in [0.05, 0.1) is 12.2 Å². The first kappa shape index (κ1) is 16.5. The molecule has 126 valence electrons. The van der Waals surface area contributed by atoms with Gasteiger partial charge in [-0.15, -0.1) is 0 Å². The highest BCUT2D eigenvalue weighted by atomic mass is 16.5. The van der Waals surface area contributed by atoms with Gasteiger partial charge < -0.3 is 9.84 Å². The third kappa shape index (κ3) is 4.59. The number of rotatable bonds is 6. The lowest BCUT2D eigenvalue weighted by atomic mass is 9.97. The summed E-state index contributed by atoms with van der Waals surface area (Å²) in [5.74, 6) is 0.676. The predicted molar refractivity (Wildman–Crippen MR) is 93.3 cm³/mol. The maximum atomic E-state index is 10.9. The first-order chi connectivity index (χ1) is 11.7. The third-order valence-corrected chi connectivity index (χ3v) is 4.54. The zero-order valence-corrected chi connectivity index (χ0v) is 13.7. The Morgan fingerprint density at radius 3 is 2.33 bits per heavy atom. The largest absolute Gasteiger partial charge is 0.493 e. The number of hydrogen-bond donors (Lipinski definition) is 1. The Kier molecular flexibility index (Phi) is 5.49. The standard InChI is InChI=1S/C20H23NO3/c22-20(23)18-8-6-16(7-9-18)14-21-12-10-17(11-13-21)15-24-19-4-2-1-3-5-19/h1-9,17H,10-15H2,(H,22,23). The Labute approximate surface area is 142 Å². The minimum absolute atomic E-state index is 0.343. The summed E-state index contributed by atoms with van der Waals surface area (Å²) in [5, 5.41) is 8.94. The Morgan fingerprint density at radius 2 is 1.71 bits per heavy atom. The van der Waals surface area contributed by atoms with Gasteiger partial charge in [0.15, 0.2) is 0 Å². The number of piperidine rings is 1. The normalized spacial score (nSPS) is 16.0. The summed E-state index contributed by atoms with van der Waals surface area (Å²) in [6.45, 7) is 3.78. The van der Waals surface area contributed by atoms with Crippen LogP contribution >= 0.6 is 0 Å². The van der Waals surface area contributed by atoms with Gasteiger partial charge in [-0.3, -0.25) is 4.90 Å². The van der Waals surface area contributed by atoms with E-state index < -0.39 is 5.97 Å². The van der Waals surface area contributed by atoms with Gasteiger partial charge in [0.2, 0.25) is 0 Å². The highest BCUT2D eigenvalue weighted by Crippen LogP contribution is 2.21. The number of carbonyl (C=O) groups is 1. The molecule has 1 heterocycles. The summed E-state index contributed by atoms with van der Waals surface area (Å²) in [6.07, 6.45) is 2.28. The molecule has 24 heavy (non-hydrogen) atoms. The number of aromatic carboxylic acids is 1. The molecule has 0 atom stereocenters. The number of benzene rings is 2. The monoisotopic (exact) mass is 325 g/mol. The second-order valence-corrected chi connectivity index (χ2v) is 6.35. The van der Waals surface area contributed by atoms with E-state index >= 15 is 0 Å². The van der Waals surface area contributed by atoms with Gasteiger partial charge in [-0.1, -0.05) is 30.3 Å². The van der Waals surface area contributed by atoms with E-state index in [4.69, 9.17) is 9.84 Å². The van der Waals surface area contributed by atoms with Crippen molar-refractivity contribution in [2.45, 2.75) is 19.4 Å². The molecule has 1 saturated heterocycles. The molecule has 0 unspecified atom stereocenters. The van der Waals surface area contributed by atoms with Gasteiger partial charge in [-0.25, -0.2) is 4.79 Å². The molecule has 0 aliphatic carbocycles. The zero-order valence-electron chi connectivity index (χ0n) is 13.7. The van der Waals surface area contributed by atoms with E-state index in [0.717, 1.165) is 44.8 Å². The van der Waals surface area contributed by atoms with Crippen LogP contribution in [0.4, 0.5) is 0 Å². The van der Waals surface area contributed by atoms with Gasteiger partial charge in [-0.05, 0) is 61.7 Å². The van der Waals surface area contributed by atoms with E-state index in [1.807, 2.05) is 42.5 Å². The molecule has 2 aromatic carbocycles. The Bertz CT molecular complexity index is 646. The molecule has 4 heteroatoms. The summed E-state index contributed by atoms with van der Waals surface area (Å²) >= 11 is 0. The van der Waals surface area contributed by atoms with Crippen molar-refractivity contribution >= 4 is 5.97 Å². The SMILES string of the molecule is O=C(O)c1ccc(CN2CCC(COc3ccccc3)CC2)cc1. The van der Waals surface area contributed by atoms with Crippen LogP contribution in [0.2, 0.25) is 0 Å². The van der Waals surface area contributed by atoms with Gasteiger partial charge in [0.25, 0.3) is 0 Å². The number of carboxylic acids is 1. The van der Waals surface area contributed by atoms with Crippen molar-refractivity contribution in [3.8, 4) is 5.75 Å². The van der Waals surface area contributed by atoms with Gasteiger partial charge in [-0.2, -0.15) is 0 Å². The molecule has 1 aliphatic rings. The second-order valence-electron chi connectivity index (χ2n) is 6.35. The number of nitrogens with zero attached hydrogens (tertiary/aromatic N) is 1. The Hall–Kier alpha value is -2.33. The lowest BCUT2D eigenvalue weighted by molar-refractivity contribution is 0.0697. The van der Waals surface area contributed by atoms with Crippen LogP contribution in [-0.4, -0.2) is 35.7 Å². The smallest absolute Gasteiger partial charge is 0.335 e. The van der Waals surface area contributed by atoms with Crippen molar-refractivity contribution in [1.29, 1.82) is 0 Å². The number of hydrogen-bond acceptors (Lipinski definition) is 3. The molecule has 4 nitrogen and oxygen atoms in total. The second kappa shape index (κ2) is 7.97. The molecular weight excluding hydrogens is 302 g/mol. The molecule has 1 aliphatic heterocycles. The zero-order chi connectivity index (χ0) is 16.8. The van der Waals surface area contributed by atoms with E-state index in [0.29, 0.717) is 11.5 Å². The summed E-state index contributed by atoms with van der Waals surface area (Å²) in [4.78, 5) is 13.3. The topological polar surface area (TPSA) is 49.8 Å². The maximum Gasteiger partial charge on any atom is 0.335 e. The van der Waals surface area contributed by atoms with Gasteiger partial charge in [0.1, 0.15) is 5.75 Å². The van der Waals surface area contributed by atoms with Crippen LogP contribution in [0, 0.1) is 5.92 Å². The number of carboxylic acid groups (broad SMARTS) is 1. The van der Waals surface area contributed by atoms with Crippen LogP contribution < -0.4 is 4.74 Å². The highest BCUT2D eigenvalue weighted by molar-refractivity contribution is 5.87. The number of para-hydroxylation sites is 1. The van der Waals surface area contributed by atoms with Crippen LogP contribution in [0.3, 0.4) is 0 Å². The molecule has 0 bridgehead atoms. The molecule has 0 spiro atoms. The van der Waals surface area contributed by atoms with Crippen molar-refractivity contribution in [3.05, 3.63) is 65.7 Å². The lowest BCUT2D eigenvalue weighted by Crippen LogP contribution is -2.35. The van der Waals surface area contributed by atoms with Crippen molar-refractivity contribution in [2.75, 3.05) is 19.7 Å². The summed E-state index contributed by atoms with van der Waals surface area (Å²) in [6, 6.07) is 17.2. The average Bonchev–Trinajstić information content (AvgIpc) is 2.62. The summed E-state index contributed by atoms with van der Waals surface area (Å²) in [7, 11) is 0. The van der Waals surface area contributed by atoms with Crippen molar-refractivity contribution in [1.82, 2.24) is 4.90 Å². The molecule has 0 saturated carbocycles. The van der Waals surface area contributed by atoms with E-state index in [1.54, 1.807) is 12.1 Å². The highest BCUT2D eigenvalue weighted by Gasteiger charge is 2.19. The molecule has 3 rings (SSSR count). The first-order valence-corrected chi connectivity index (χ1v) is 8.43. The lowest BCUT2D eigenvalue weighted by Gasteiger charge is -2.31. The molecule has 1 N–H and O–H groups in total. The van der Waals surface area contributed by atoms with Crippen LogP contribution in [-0.2, 0) is 6.54 Å². The van der Waals surface area contributed by atoms with Crippen LogP contribution in [0.5, 0.6) is 5.75 Å². The minimum atomic E-state index is -0.874. The van der Waals surface area contributed by atoms with Crippen LogP contribution in [0.15, 0.2) is 54.6 Å². The number of likely N-dealkylation sites (tertiary alicyclic amines) is 1. The van der Waals surface area contributed by atoms with Crippen molar-refractivity contribution in [2.24, 2.45) is 5.92 Å². The molecule has 0 amide bonds. The summed E-state index contributed by atoms with van der Waals surface area (Å²) in [5.41, 5.74) is 1.51. The molecule has 2 aromatic rings. The van der Waals surface area contributed by atoms with Crippen LogP contribution in [0.1, 0.15) is 28.8 Å². The fraction of sp³-hybridized carbons (Fsp3) is 0.350. The van der Waals surface area contributed by atoms with Gasteiger partial charge in [0, 0.05) is 6.54 Å². The third-order valence-electron chi connectivity index (χ3n) is 4.54. The molecule has 1 fully saturated rings. The summed E-state index contributed by atoms with van der Waals surface area (Å²) < 4.78 is 5.86.